The highest BCUT2D eigenvalue weighted by molar-refractivity contribution is 6.30. The number of carbonyl (C=O) groups is 2. The number of rotatable bonds is 8. The van der Waals surface area contributed by atoms with Crippen LogP contribution in [0.2, 0.25) is 5.02 Å². The van der Waals surface area contributed by atoms with Gasteiger partial charge in [0.1, 0.15) is 5.75 Å². The van der Waals surface area contributed by atoms with E-state index >= 15 is 0 Å². The van der Waals surface area contributed by atoms with Gasteiger partial charge < -0.3 is 20.7 Å². The quantitative estimate of drug-likeness (QED) is 0.292. The predicted molar refractivity (Wildman–Crippen MR) is 134 cm³/mol. The van der Waals surface area contributed by atoms with E-state index in [2.05, 4.69) is 16.0 Å². The van der Waals surface area contributed by atoms with Gasteiger partial charge >= 0.3 is 18.2 Å². The number of halogens is 4. The van der Waals surface area contributed by atoms with Crippen molar-refractivity contribution < 1.29 is 27.5 Å². The van der Waals surface area contributed by atoms with Gasteiger partial charge in [0.25, 0.3) is 0 Å². The third-order valence-corrected chi connectivity index (χ3v) is 5.25. The van der Waals surface area contributed by atoms with Crippen molar-refractivity contribution in [2.75, 3.05) is 35.7 Å². The number of nitrogens with one attached hydrogen (secondary N) is 3. The maximum atomic E-state index is 13.0. The Balaban J connectivity index is 1.57. The van der Waals surface area contributed by atoms with Gasteiger partial charge in [0, 0.05) is 35.2 Å². The van der Waals surface area contributed by atoms with Crippen LogP contribution in [0.1, 0.15) is 12.0 Å². The first-order valence-corrected chi connectivity index (χ1v) is 11.2. The average molecular weight is 521 g/mol. The lowest BCUT2D eigenvalue weighted by Gasteiger charge is -2.24. The van der Waals surface area contributed by atoms with E-state index < -0.39 is 23.8 Å². The maximum absolute atomic E-state index is 13.0. The van der Waals surface area contributed by atoms with Gasteiger partial charge in [-0.2, -0.15) is 13.2 Å². The number of methoxy groups -OCH3 is 1. The average Bonchev–Trinajstić information content (AvgIpc) is 2.84. The molecule has 11 heteroatoms. The number of hydrogen-bond acceptors (Lipinski definition) is 3. The predicted octanol–water partition coefficient (Wildman–Crippen LogP) is 6.62. The van der Waals surface area contributed by atoms with Crippen molar-refractivity contribution in [3.05, 3.63) is 83.4 Å². The summed E-state index contributed by atoms with van der Waals surface area (Å²) in [6.07, 6.45) is -4.05. The van der Waals surface area contributed by atoms with Gasteiger partial charge in [0.05, 0.1) is 12.7 Å². The molecule has 0 bridgehead atoms. The van der Waals surface area contributed by atoms with E-state index in [4.69, 9.17) is 16.3 Å². The van der Waals surface area contributed by atoms with Crippen molar-refractivity contribution in [3.63, 3.8) is 0 Å². The van der Waals surface area contributed by atoms with E-state index in [-0.39, 0.29) is 18.8 Å². The third kappa shape index (κ3) is 7.81. The Hall–Kier alpha value is -3.92. The fraction of sp³-hybridized carbons (Fsp3) is 0.200. The maximum Gasteiger partial charge on any atom is 0.416 e. The molecule has 3 rings (SSSR count). The van der Waals surface area contributed by atoms with Crippen molar-refractivity contribution in [1.82, 2.24) is 5.32 Å². The first kappa shape index (κ1) is 26.7. The van der Waals surface area contributed by atoms with Crippen LogP contribution >= 0.6 is 11.6 Å². The second-order valence-corrected chi connectivity index (χ2v) is 8.04. The van der Waals surface area contributed by atoms with Crippen molar-refractivity contribution in [2.24, 2.45) is 0 Å². The van der Waals surface area contributed by atoms with E-state index in [1.165, 1.54) is 17.0 Å². The molecule has 0 fully saturated rings. The number of alkyl halides is 3. The lowest BCUT2D eigenvalue weighted by molar-refractivity contribution is -0.137. The van der Waals surface area contributed by atoms with Crippen LogP contribution in [-0.2, 0) is 6.18 Å². The number of anilines is 3. The molecule has 190 valence electrons. The zero-order chi connectivity index (χ0) is 26.1. The summed E-state index contributed by atoms with van der Waals surface area (Å²) < 4.78 is 43.2. The van der Waals surface area contributed by atoms with Crippen LogP contribution in [0, 0.1) is 0 Å². The summed E-state index contributed by atoms with van der Waals surface area (Å²) in [7, 11) is 1.54. The van der Waals surface area contributed by atoms with Gasteiger partial charge in [0.2, 0.25) is 0 Å². The van der Waals surface area contributed by atoms with Crippen molar-refractivity contribution in [3.8, 4) is 5.75 Å². The smallest absolute Gasteiger partial charge is 0.416 e. The van der Waals surface area contributed by atoms with Gasteiger partial charge in [0.15, 0.2) is 0 Å². The zero-order valence-electron chi connectivity index (χ0n) is 19.2. The van der Waals surface area contributed by atoms with E-state index in [1.54, 1.807) is 55.6 Å². The molecule has 0 atom stereocenters. The molecular weight excluding hydrogens is 497 g/mol. The van der Waals surface area contributed by atoms with Gasteiger partial charge in [-0.1, -0.05) is 17.7 Å². The summed E-state index contributed by atoms with van der Waals surface area (Å²) in [6, 6.07) is 16.8. The summed E-state index contributed by atoms with van der Waals surface area (Å²) in [4.78, 5) is 26.6. The summed E-state index contributed by atoms with van der Waals surface area (Å²) in [5.74, 6) is 0.635. The summed E-state index contributed by atoms with van der Waals surface area (Å²) in [5.41, 5.74) is 0.564. The summed E-state index contributed by atoms with van der Waals surface area (Å²) in [6.45, 7) is 0.475. The third-order valence-electron chi connectivity index (χ3n) is 5.02. The van der Waals surface area contributed by atoms with Gasteiger partial charge in [-0.3, -0.25) is 4.90 Å². The monoisotopic (exact) mass is 520 g/mol. The van der Waals surface area contributed by atoms with Crippen molar-refractivity contribution >= 4 is 40.7 Å². The highest BCUT2D eigenvalue weighted by Gasteiger charge is 2.30. The first-order valence-electron chi connectivity index (χ1n) is 10.9. The summed E-state index contributed by atoms with van der Waals surface area (Å²) in [5, 5.41) is 8.38. The molecule has 0 unspecified atom stereocenters. The Morgan fingerprint density at radius 1 is 0.944 bits per heavy atom. The largest absolute Gasteiger partial charge is 0.497 e. The Bertz CT molecular complexity index is 1170. The van der Waals surface area contributed by atoms with E-state index in [1.807, 2.05) is 0 Å². The Morgan fingerprint density at radius 3 is 2.25 bits per heavy atom. The second-order valence-electron chi connectivity index (χ2n) is 7.60. The fourth-order valence-electron chi connectivity index (χ4n) is 3.22. The van der Waals surface area contributed by atoms with Crippen LogP contribution in [0.4, 0.5) is 39.8 Å². The number of amides is 4. The lowest BCUT2D eigenvalue weighted by atomic mass is 10.2. The first-order chi connectivity index (χ1) is 17.2. The number of ether oxygens (including phenoxy) is 1. The molecule has 0 aliphatic carbocycles. The van der Waals surface area contributed by atoms with Crippen LogP contribution in [0.5, 0.6) is 5.75 Å². The molecule has 0 saturated carbocycles. The molecule has 0 spiro atoms. The molecule has 0 radical (unpaired) electrons. The molecule has 0 aliphatic rings. The number of hydrogen-bond donors (Lipinski definition) is 3. The minimum atomic E-state index is -4.45. The zero-order valence-corrected chi connectivity index (χ0v) is 20.0. The minimum Gasteiger partial charge on any atom is -0.497 e. The van der Waals surface area contributed by atoms with Crippen LogP contribution in [-0.4, -0.2) is 32.3 Å². The molecular formula is C25H24ClF3N4O3. The molecule has 4 amide bonds. The molecule has 0 saturated heterocycles. The van der Waals surface area contributed by atoms with Crippen LogP contribution < -0.4 is 25.6 Å². The summed E-state index contributed by atoms with van der Waals surface area (Å²) >= 11 is 6.00. The van der Waals surface area contributed by atoms with E-state index in [9.17, 15) is 22.8 Å². The van der Waals surface area contributed by atoms with Gasteiger partial charge in [-0.15, -0.1) is 0 Å². The molecule has 3 aromatic rings. The Morgan fingerprint density at radius 2 is 1.64 bits per heavy atom. The SMILES string of the molecule is COc1ccc(N(CCCNC(=O)Nc2ccc(C(F)(F)F)cc2)C(=O)Nc2cccc(Cl)c2)cc1. The van der Waals surface area contributed by atoms with E-state index in [0.29, 0.717) is 28.6 Å². The number of nitrogens with zero attached hydrogens (tertiary/aromatic N) is 1. The number of urea groups is 2. The van der Waals surface area contributed by atoms with Crippen molar-refractivity contribution in [2.45, 2.75) is 12.6 Å². The molecule has 7 nitrogen and oxygen atoms in total. The topological polar surface area (TPSA) is 82.7 Å². The van der Waals surface area contributed by atoms with Crippen LogP contribution in [0.25, 0.3) is 0 Å². The molecule has 3 aromatic carbocycles. The van der Waals surface area contributed by atoms with Gasteiger partial charge in [-0.25, -0.2) is 9.59 Å². The Kier molecular flexibility index (Phi) is 9.02. The van der Waals surface area contributed by atoms with E-state index in [0.717, 1.165) is 12.1 Å². The molecule has 0 aliphatic heterocycles. The molecule has 36 heavy (non-hydrogen) atoms. The number of benzene rings is 3. The molecule has 0 aromatic heterocycles. The normalized spacial score (nSPS) is 10.9. The Labute approximate surface area is 211 Å². The second kappa shape index (κ2) is 12.2. The van der Waals surface area contributed by atoms with Crippen molar-refractivity contribution in [1.29, 1.82) is 0 Å². The molecule has 3 N–H and O–H groups in total. The minimum absolute atomic E-state index is 0.212. The molecule has 0 heterocycles. The fourth-order valence-corrected chi connectivity index (χ4v) is 3.41. The van der Waals surface area contributed by atoms with Crippen LogP contribution in [0.3, 0.4) is 0 Å². The van der Waals surface area contributed by atoms with Crippen LogP contribution in [0.15, 0.2) is 72.8 Å². The lowest BCUT2D eigenvalue weighted by Crippen LogP contribution is -2.38. The highest BCUT2D eigenvalue weighted by atomic mass is 35.5. The standard InChI is InChI=1S/C25H24ClF3N4O3/c1-36-22-12-10-21(11-13-22)33(24(35)32-20-5-2-4-18(26)16-20)15-3-14-30-23(34)31-19-8-6-17(7-9-19)25(27,28)29/h2,4-13,16H,3,14-15H2,1H3,(H,32,35)(H2,30,31,34). The highest BCUT2D eigenvalue weighted by Crippen LogP contribution is 2.29. The number of carbonyl (C=O) groups excluding carboxylic acids is 2. The van der Waals surface area contributed by atoms with Gasteiger partial charge in [-0.05, 0) is 73.2 Å².